The summed E-state index contributed by atoms with van der Waals surface area (Å²) in [4.78, 5) is 5.00. The number of halogens is 1. The maximum absolute atomic E-state index is 11.7. The van der Waals surface area contributed by atoms with Gasteiger partial charge < -0.3 is 5.21 Å². The highest BCUT2D eigenvalue weighted by molar-refractivity contribution is 14.1. The third-order valence-electron chi connectivity index (χ3n) is 3.48. The topological polar surface area (TPSA) is 52.7 Å². The molecule has 0 fully saturated rings. The minimum Gasteiger partial charge on any atom is -0.594 e. The summed E-state index contributed by atoms with van der Waals surface area (Å²) in [5, 5.41) is 15.5. The number of hydrogen-bond donors (Lipinski definition) is 0. The van der Waals surface area contributed by atoms with Crippen LogP contribution in [-0.2, 0) is 12.8 Å². The van der Waals surface area contributed by atoms with Gasteiger partial charge >= 0.3 is 0 Å². The van der Waals surface area contributed by atoms with E-state index in [2.05, 4.69) is 23.1 Å². The molecule has 1 aromatic carbocycles. The average Bonchev–Trinajstić information content (AvgIpc) is 2.68. The van der Waals surface area contributed by atoms with Crippen molar-refractivity contribution in [3.05, 3.63) is 32.3 Å². The highest BCUT2D eigenvalue weighted by atomic mass is 127. The predicted molar refractivity (Wildman–Crippen MR) is 72.4 cm³/mol. The smallest absolute Gasteiger partial charge is 0.270 e. The van der Waals surface area contributed by atoms with Crippen molar-refractivity contribution in [3.8, 4) is 0 Å². The molecule has 4 nitrogen and oxygen atoms in total. The molecule has 1 aromatic heterocycles. The summed E-state index contributed by atoms with van der Waals surface area (Å²) in [5.74, 6) is 0.717. The third kappa shape index (κ3) is 1.86. The van der Waals surface area contributed by atoms with E-state index in [-0.39, 0.29) is 0 Å². The van der Waals surface area contributed by atoms with Crippen LogP contribution in [0.25, 0.3) is 11.0 Å². The fourth-order valence-corrected chi connectivity index (χ4v) is 2.98. The minimum atomic E-state index is 0.495. The summed E-state index contributed by atoms with van der Waals surface area (Å²) < 4.78 is 0.495. The monoisotopic (exact) mass is 341 g/mol. The van der Waals surface area contributed by atoms with Crippen molar-refractivity contribution in [3.63, 3.8) is 0 Å². The van der Waals surface area contributed by atoms with Crippen LogP contribution in [0.15, 0.2) is 12.1 Å². The molecule has 0 spiro atoms. The normalized spacial score (nSPS) is 18.6. The molecule has 1 atom stereocenters. The van der Waals surface area contributed by atoms with E-state index in [4.69, 9.17) is 0 Å². The highest BCUT2D eigenvalue weighted by Crippen LogP contribution is 2.30. The first-order valence-corrected chi connectivity index (χ1v) is 6.84. The van der Waals surface area contributed by atoms with Gasteiger partial charge in [-0.15, -0.1) is 0 Å². The Morgan fingerprint density at radius 1 is 1.41 bits per heavy atom. The minimum absolute atomic E-state index is 0.495. The summed E-state index contributed by atoms with van der Waals surface area (Å²) in [5.41, 5.74) is 3.98. The number of benzene rings is 1. The quantitative estimate of drug-likeness (QED) is 0.453. The zero-order valence-electron chi connectivity index (χ0n) is 9.48. The van der Waals surface area contributed by atoms with Gasteiger partial charge in [-0.1, -0.05) is 13.3 Å². The predicted octanol–water partition coefficient (Wildman–Crippen LogP) is 1.99. The standard InChI is InChI=1S/C12H12IN3O/c1-2-7-3-8-5-10-11(6-9(8)4-7)16(17)15-12(13)14-10/h5-7H,2-4H2,1H3. The number of hydrogen-bond acceptors (Lipinski definition) is 3. The molecule has 0 saturated heterocycles. The Labute approximate surface area is 113 Å². The van der Waals surface area contributed by atoms with Crippen LogP contribution in [0.2, 0.25) is 0 Å². The fraction of sp³-hybridized carbons (Fsp3) is 0.417. The Kier molecular flexibility index (Phi) is 2.65. The first-order valence-electron chi connectivity index (χ1n) is 5.76. The molecule has 1 aliphatic rings. The molecular formula is C12H12IN3O. The first kappa shape index (κ1) is 11.1. The molecule has 3 rings (SSSR count). The van der Waals surface area contributed by atoms with Gasteiger partial charge in [0.25, 0.3) is 9.35 Å². The average molecular weight is 341 g/mol. The molecule has 2 aromatic rings. The zero-order valence-corrected chi connectivity index (χ0v) is 11.6. The van der Waals surface area contributed by atoms with Gasteiger partial charge in [-0.3, -0.25) is 0 Å². The lowest BCUT2D eigenvalue weighted by molar-refractivity contribution is -0.644. The fourth-order valence-electron chi connectivity index (χ4n) is 2.52. The number of aromatic nitrogens is 3. The summed E-state index contributed by atoms with van der Waals surface area (Å²) in [6.07, 6.45) is 3.38. The largest absolute Gasteiger partial charge is 0.594 e. The van der Waals surface area contributed by atoms with Gasteiger partial charge in [-0.2, -0.15) is 0 Å². The number of nitrogens with zero attached hydrogens (tertiary/aromatic N) is 3. The van der Waals surface area contributed by atoms with Crippen LogP contribution >= 0.6 is 22.6 Å². The van der Waals surface area contributed by atoms with E-state index in [0.717, 1.165) is 18.4 Å². The van der Waals surface area contributed by atoms with Crippen molar-refractivity contribution in [1.82, 2.24) is 10.1 Å². The molecule has 0 amide bonds. The summed E-state index contributed by atoms with van der Waals surface area (Å²) in [7, 11) is 0. The van der Waals surface area contributed by atoms with E-state index < -0.39 is 0 Å². The van der Waals surface area contributed by atoms with Crippen molar-refractivity contribution >= 4 is 33.6 Å². The van der Waals surface area contributed by atoms with E-state index in [1.54, 1.807) is 0 Å². The van der Waals surface area contributed by atoms with Crippen molar-refractivity contribution in [1.29, 1.82) is 0 Å². The second kappa shape index (κ2) is 4.04. The van der Waals surface area contributed by atoms with E-state index >= 15 is 0 Å². The third-order valence-corrected chi connectivity index (χ3v) is 3.94. The van der Waals surface area contributed by atoms with Crippen LogP contribution in [-0.4, -0.2) is 10.1 Å². The van der Waals surface area contributed by atoms with Gasteiger partial charge in [-0.25, -0.2) is 4.98 Å². The lowest BCUT2D eigenvalue weighted by Crippen LogP contribution is -2.33. The Hall–Kier alpha value is -0.980. The van der Waals surface area contributed by atoms with Gasteiger partial charge in [0.1, 0.15) is 5.52 Å². The zero-order chi connectivity index (χ0) is 12.0. The summed E-state index contributed by atoms with van der Waals surface area (Å²) >= 11 is 1.97. The van der Waals surface area contributed by atoms with E-state index in [1.165, 1.54) is 17.5 Å². The maximum atomic E-state index is 11.7. The summed E-state index contributed by atoms with van der Waals surface area (Å²) in [6, 6.07) is 4.02. The van der Waals surface area contributed by atoms with E-state index in [0.29, 0.717) is 20.1 Å². The van der Waals surface area contributed by atoms with E-state index in [1.807, 2.05) is 28.7 Å². The van der Waals surface area contributed by atoms with Gasteiger partial charge in [-0.05, 0) is 40.8 Å². The van der Waals surface area contributed by atoms with Gasteiger partial charge in [0.05, 0.1) is 0 Å². The molecule has 0 aliphatic heterocycles. The maximum Gasteiger partial charge on any atom is 0.270 e. The molecule has 0 saturated carbocycles. The second-order valence-corrected chi connectivity index (χ2v) is 5.51. The molecular weight excluding hydrogens is 329 g/mol. The van der Waals surface area contributed by atoms with Gasteiger partial charge in [0.15, 0.2) is 0 Å². The van der Waals surface area contributed by atoms with Gasteiger partial charge in [0.2, 0.25) is 0 Å². The molecule has 5 heteroatoms. The lowest BCUT2D eigenvalue weighted by atomic mass is 10.0. The molecule has 0 bridgehead atoms. The number of rotatable bonds is 1. The van der Waals surface area contributed by atoms with Crippen LogP contribution in [0.4, 0.5) is 0 Å². The van der Waals surface area contributed by atoms with Crippen LogP contribution in [0.5, 0.6) is 0 Å². The Morgan fingerprint density at radius 3 is 2.82 bits per heavy atom. The van der Waals surface area contributed by atoms with Crippen LogP contribution in [0.3, 0.4) is 0 Å². The van der Waals surface area contributed by atoms with Gasteiger partial charge in [0, 0.05) is 33.8 Å². The van der Waals surface area contributed by atoms with E-state index in [9.17, 15) is 5.21 Å². The van der Waals surface area contributed by atoms with Crippen molar-refractivity contribution in [2.75, 3.05) is 0 Å². The summed E-state index contributed by atoms with van der Waals surface area (Å²) in [6.45, 7) is 2.22. The van der Waals surface area contributed by atoms with Crippen LogP contribution in [0.1, 0.15) is 24.5 Å². The first-order chi connectivity index (χ1) is 8.17. The Morgan fingerprint density at radius 2 is 2.12 bits per heavy atom. The van der Waals surface area contributed by atoms with Crippen molar-refractivity contribution < 1.29 is 4.85 Å². The molecule has 0 radical (unpaired) electrons. The molecule has 88 valence electrons. The van der Waals surface area contributed by atoms with Crippen LogP contribution in [0, 0.1) is 15.0 Å². The molecule has 1 heterocycles. The molecule has 1 unspecified atom stereocenters. The van der Waals surface area contributed by atoms with Crippen molar-refractivity contribution in [2.45, 2.75) is 26.2 Å². The Bertz CT molecular complexity index is 600. The molecule has 17 heavy (non-hydrogen) atoms. The second-order valence-electron chi connectivity index (χ2n) is 4.55. The van der Waals surface area contributed by atoms with Crippen molar-refractivity contribution in [2.24, 2.45) is 5.92 Å². The van der Waals surface area contributed by atoms with Crippen LogP contribution < -0.4 is 4.85 Å². The number of fused-ring (bicyclic) bond motifs is 2. The molecule has 0 N–H and O–H groups in total. The lowest BCUT2D eigenvalue weighted by Gasteiger charge is -2.02. The Balaban J connectivity index is 2.20. The molecule has 1 aliphatic carbocycles. The SMILES string of the molecule is CCC1Cc2cc3nc(I)n[n+]([O-])c3cc2C1. The highest BCUT2D eigenvalue weighted by Gasteiger charge is 2.23.